The first-order valence-corrected chi connectivity index (χ1v) is 7.33. The van der Waals surface area contributed by atoms with Crippen molar-refractivity contribution in [2.75, 3.05) is 31.5 Å². The predicted molar refractivity (Wildman–Crippen MR) is 82.7 cm³/mol. The number of aryl methyl sites for hydroxylation is 1. The van der Waals surface area contributed by atoms with Gasteiger partial charge in [0, 0.05) is 30.4 Å². The Morgan fingerprint density at radius 1 is 1.20 bits per heavy atom. The highest BCUT2D eigenvalue weighted by molar-refractivity contribution is 5.81. The number of pyridine rings is 2. The van der Waals surface area contributed by atoms with Crippen LogP contribution in [-0.4, -0.2) is 41.0 Å². The molecule has 4 nitrogen and oxygen atoms in total. The summed E-state index contributed by atoms with van der Waals surface area (Å²) in [7, 11) is 0. The van der Waals surface area contributed by atoms with Gasteiger partial charge in [0.15, 0.2) is 0 Å². The van der Waals surface area contributed by atoms with Crippen molar-refractivity contribution in [3.63, 3.8) is 0 Å². The topological polar surface area (TPSA) is 41.1 Å². The molecule has 3 heterocycles. The van der Waals surface area contributed by atoms with E-state index in [4.69, 9.17) is 0 Å². The van der Waals surface area contributed by atoms with Crippen LogP contribution in [0.3, 0.4) is 0 Å². The van der Waals surface area contributed by atoms with E-state index in [-0.39, 0.29) is 0 Å². The maximum atomic E-state index is 4.64. The van der Waals surface area contributed by atoms with E-state index in [0.29, 0.717) is 0 Å². The largest absolute Gasteiger partial charge is 0.369 e. The normalized spacial score (nSPS) is 16.4. The number of hydrogen-bond acceptors (Lipinski definition) is 4. The molecule has 0 spiro atoms. The highest BCUT2D eigenvalue weighted by Gasteiger charge is 2.09. The van der Waals surface area contributed by atoms with Gasteiger partial charge in [0.1, 0.15) is 5.82 Å². The van der Waals surface area contributed by atoms with Crippen LogP contribution in [0.1, 0.15) is 18.5 Å². The molecule has 1 aliphatic rings. The van der Waals surface area contributed by atoms with E-state index in [9.17, 15) is 0 Å². The SMILES string of the molecule is Cc1nccc2nc(NCCN3CC[CH]CC3)ccc12. The molecule has 1 aliphatic heterocycles. The predicted octanol–water partition coefficient (Wildman–Crippen LogP) is 2.65. The van der Waals surface area contributed by atoms with E-state index in [1.165, 1.54) is 25.9 Å². The molecule has 0 unspecified atom stereocenters. The third kappa shape index (κ3) is 3.07. The summed E-state index contributed by atoms with van der Waals surface area (Å²) in [5.41, 5.74) is 2.04. The second-order valence-electron chi connectivity index (χ2n) is 5.29. The summed E-state index contributed by atoms with van der Waals surface area (Å²) in [4.78, 5) is 11.4. The van der Waals surface area contributed by atoms with Crippen LogP contribution in [-0.2, 0) is 0 Å². The quantitative estimate of drug-likeness (QED) is 0.926. The van der Waals surface area contributed by atoms with Crippen LogP contribution < -0.4 is 5.32 Å². The van der Waals surface area contributed by atoms with Gasteiger partial charge in [-0.25, -0.2) is 4.98 Å². The fourth-order valence-corrected chi connectivity index (χ4v) is 2.67. The van der Waals surface area contributed by atoms with Crippen LogP contribution in [0.15, 0.2) is 24.4 Å². The lowest BCUT2D eigenvalue weighted by Gasteiger charge is -2.26. The Balaban J connectivity index is 1.60. The zero-order chi connectivity index (χ0) is 13.8. The first-order chi connectivity index (χ1) is 9.83. The maximum Gasteiger partial charge on any atom is 0.126 e. The van der Waals surface area contributed by atoms with Gasteiger partial charge in [-0.2, -0.15) is 0 Å². The molecule has 1 saturated heterocycles. The summed E-state index contributed by atoms with van der Waals surface area (Å²) in [5, 5.41) is 4.55. The Kier molecular flexibility index (Phi) is 4.11. The van der Waals surface area contributed by atoms with Gasteiger partial charge in [-0.3, -0.25) is 4.98 Å². The highest BCUT2D eigenvalue weighted by atomic mass is 15.1. The molecule has 2 aromatic heterocycles. The molecular formula is C16H21N4. The van der Waals surface area contributed by atoms with Gasteiger partial charge >= 0.3 is 0 Å². The number of aromatic nitrogens is 2. The minimum absolute atomic E-state index is 0.947. The standard InChI is InChI=1S/C16H21N4/c1-13-14-5-6-16(19-15(14)7-8-17-13)18-9-12-20-10-3-2-4-11-20/h2,5-8H,3-4,9-12H2,1H3,(H,18,19). The number of rotatable bonds is 4. The second-order valence-corrected chi connectivity index (χ2v) is 5.29. The highest BCUT2D eigenvalue weighted by Crippen LogP contribution is 2.16. The van der Waals surface area contributed by atoms with Crippen LogP contribution in [0.4, 0.5) is 5.82 Å². The summed E-state index contributed by atoms with van der Waals surface area (Å²) < 4.78 is 0. The van der Waals surface area contributed by atoms with Gasteiger partial charge in [0.2, 0.25) is 0 Å². The molecule has 1 fully saturated rings. The molecule has 3 rings (SSSR count). The molecule has 1 N–H and O–H groups in total. The summed E-state index contributed by atoms with van der Waals surface area (Å²) >= 11 is 0. The number of piperidine rings is 1. The Morgan fingerprint density at radius 3 is 2.90 bits per heavy atom. The Morgan fingerprint density at radius 2 is 2.05 bits per heavy atom. The molecule has 0 aliphatic carbocycles. The number of likely N-dealkylation sites (tertiary alicyclic amines) is 1. The van der Waals surface area contributed by atoms with Crippen LogP contribution >= 0.6 is 0 Å². The summed E-state index contributed by atoms with van der Waals surface area (Å²) in [6.45, 7) is 6.44. The molecule has 0 saturated carbocycles. The molecule has 20 heavy (non-hydrogen) atoms. The van der Waals surface area contributed by atoms with E-state index in [1.807, 2.05) is 25.3 Å². The number of nitrogens with one attached hydrogen (secondary N) is 1. The molecule has 0 aromatic carbocycles. The van der Waals surface area contributed by atoms with Crippen LogP contribution in [0.5, 0.6) is 0 Å². The van der Waals surface area contributed by atoms with E-state index < -0.39 is 0 Å². The Bertz CT molecular complexity index is 576. The molecule has 0 bridgehead atoms. The van der Waals surface area contributed by atoms with Gasteiger partial charge in [-0.1, -0.05) is 0 Å². The lowest BCUT2D eigenvalue weighted by molar-refractivity contribution is 0.263. The van der Waals surface area contributed by atoms with Gasteiger partial charge in [0.05, 0.1) is 5.52 Å². The lowest BCUT2D eigenvalue weighted by Crippen LogP contribution is -2.34. The van der Waals surface area contributed by atoms with E-state index in [2.05, 4.69) is 32.7 Å². The number of fused-ring (bicyclic) bond motifs is 1. The number of anilines is 1. The van der Waals surface area contributed by atoms with E-state index >= 15 is 0 Å². The Labute approximate surface area is 120 Å². The molecule has 1 radical (unpaired) electrons. The van der Waals surface area contributed by atoms with Crippen LogP contribution in [0.25, 0.3) is 10.9 Å². The van der Waals surface area contributed by atoms with Crippen molar-refractivity contribution in [1.29, 1.82) is 0 Å². The second kappa shape index (κ2) is 6.18. The molecular weight excluding hydrogens is 248 g/mol. The molecule has 0 amide bonds. The van der Waals surface area contributed by atoms with Gasteiger partial charge in [0.25, 0.3) is 0 Å². The summed E-state index contributed by atoms with van der Waals surface area (Å²) in [6.07, 6.45) is 6.64. The molecule has 2 aromatic rings. The first kappa shape index (κ1) is 13.3. The number of hydrogen-bond donors (Lipinski definition) is 1. The minimum atomic E-state index is 0.947. The van der Waals surface area contributed by atoms with Crippen LogP contribution in [0.2, 0.25) is 0 Å². The fourth-order valence-electron chi connectivity index (χ4n) is 2.67. The third-order valence-corrected chi connectivity index (χ3v) is 3.85. The Hall–Kier alpha value is -1.68. The average Bonchev–Trinajstić information content (AvgIpc) is 2.48. The van der Waals surface area contributed by atoms with E-state index in [1.54, 1.807) is 0 Å². The first-order valence-electron chi connectivity index (χ1n) is 7.33. The van der Waals surface area contributed by atoms with Crippen molar-refractivity contribution < 1.29 is 0 Å². The summed E-state index contributed by atoms with van der Waals surface area (Å²) in [5.74, 6) is 0.951. The zero-order valence-electron chi connectivity index (χ0n) is 12.0. The molecule has 105 valence electrons. The maximum absolute atomic E-state index is 4.64. The van der Waals surface area contributed by atoms with Gasteiger partial charge < -0.3 is 10.2 Å². The number of nitrogens with zero attached hydrogens (tertiary/aromatic N) is 3. The molecule has 0 atom stereocenters. The van der Waals surface area contributed by atoms with Crippen LogP contribution in [0, 0.1) is 13.3 Å². The minimum Gasteiger partial charge on any atom is -0.369 e. The van der Waals surface area contributed by atoms with Gasteiger partial charge in [-0.05, 0) is 57.5 Å². The van der Waals surface area contributed by atoms with Crippen molar-refractivity contribution >= 4 is 16.7 Å². The fraction of sp³-hybridized carbons (Fsp3) is 0.438. The van der Waals surface area contributed by atoms with Crippen molar-refractivity contribution in [2.45, 2.75) is 19.8 Å². The molecule has 4 heteroatoms. The zero-order valence-corrected chi connectivity index (χ0v) is 12.0. The third-order valence-electron chi connectivity index (χ3n) is 3.85. The van der Waals surface area contributed by atoms with Crippen molar-refractivity contribution in [1.82, 2.24) is 14.9 Å². The van der Waals surface area contributed by atoms with Gasteiger partial charge in [-0.15, -0.1) is 0 Å². The van der Waals surface area contributed by atoms with Crippen molar-refractivity contribution in [3.05, 3.63) is 36.5 Å². The lowest BCUT2D eigenvalue weighted by atomic mass is 10.1. The monoisotopic (exact) mass is 269 g/mol. The van der Waals surface area contributed by atoms with E-state index in [0.717, 1.165) is 35.5 Å². The smallest absolute Gasteiger partial charge is 0.126 e. The summed E-state index contributed by atoms with van der Waals surface area (Å²) in [6, 6.07) is 6.11. The average molecular weight is 269 g/mol. The van der Waals surface area contributed by atoms with Crippen molar-refractivity contribution in [2.24, 2.45) is 0 Å². The van der Waals surface area contributed by atoms with Crippen molar-refractivity contribution in [3.8, 4) is 0 Å².